The number of hydrogen-bond acceptors (Lipinski definition) is 3. The number of rotatable bonds is 6. The summed E-state index contributed by atoms with van der Waals surface area (Å²) in [4.78, 5) is 4.22. The lowest BCUT2D eigenvalue weighted by Crippen LogP contribution is -2.23. The number of anilines is 1. The number of nitrogens with zero attached hydrogens (tertiary/aromatic N) is 1. The first-order valence-corrected chi connectivity index (χ1v) is 7.83. The molecule has 2 rings (SSSR count). The van der Waals surface area contributed by atoms with Crippen LogP contribution in [0.1, 0.15) is 11.1 Å². The minimum Gasteiger partial charge on any atom is -0.496 e. The molecule has 2 aromatic carbocycles. The van der Waals surface area contributed by atoms with Gasteiger partial charge >= 0.3 is 6.36 Å². The molecule has 140 valence electrons. The van der Waals surface area contributed by atoms with E-state index in [0.717, 1.165) is 16.9 Å². The smallest absolute Gasteiger partial charge is 0.496 e. The molecule has 0 unspecified atom stereocenters. The fraction of sp³-hybridized carbons (Fsp3) is 0.278. The largest absolute Gasteiger partial charge is 0.573 e. The second kappa shape index (κ2) is 8.46. The van der Waals surface area contributed by atoms with Crippen molar-refractivity contribution >= 4 is 11.6 Å². The highest BCUT2D eigenvalue weighted by molar-refractivity contribution is 5.92. The molecule has 0 radical (unpaired) electrons. The molecule has 8 heteroatoms. The maximum absolute atomic E-state index is 12.1. The SMILES string of the molecule is COc1ccc(C)cc1CCN=C(N)Nc1ccc(OC(F)(F)F)cc1. The highest BCUT2D eigenvalue weighted by Crippen LogP contribution is 2.24. The van der Waals surface area contributed by atoms with Gasteiger partial charge in [-0.3, -0.25) is 4.99 Å². The van der Waals surface area contributed by atoms with E-state index >= 15 is 0 Å². The first kappa shape index (κ1) is 19.4. The Kier molecular flexibility index (Phi) is 6.32. The molecule has 26 heavy (non-hydrogen) atoms. The van der Waals surface area contributed by atoms with Gasteiger partial charge in [0.2, 0.25) is 0 Å². The number of nitrogens with two attached hydrogens (primary N) is 1. The van der Waals surface area contributed by atoms with Crippen molar-refractivity contribution in [2.75, 3.05) is 19.0 Å². The van der Waals surface area contributed by atoms with Crippen LogP contribution in [0.3, 0.4) is 0 Å². The topological polar surface area (TPSA) is 68.9 Å². The number of benzene rings is 2. The van der Waals surface area contributed by atoms with E-state index in [0.29, 0.717) is 18.7 Å². The van der Waals surface area contributed by atoms with Crippen LogP contribution < -0.4 is 20.5 Å². The Bertz CT molecular complexity index is 759. The minimum atomic E-state index is -4.72. The van der Waals surface area contributed by atoms with Crippen LogP contribution in [0.15, 0.2) is 47.5 Å². The lowest BCUT2D eigenvalue weighted by molar-refractivity contribution is -0.274. The molecule has 0 aliphatic heterocycles. The van der Waals surface area contributed by atoms with Crippen LogP contribution in [0.2, 0.25) is 0 Å². The second-order valence-electron chi connectivity index (χ2n) is 5.53. The molecule has 0 bridgehead atoms. The van der Waals surface area contributed by atoms with Gasteiger partial charge in [0.05, 0.1) is 7.11 Å². The third kappa shape index (κ3) is 6.19. The van der Waals surface area contributed by atoms with Crippen molar-refractivity contribution in [3.63, 3.8) is 0 Å². The maximum atomic E-state index is 12.1. The summed E-state index contributed by atoms with van der Waals surface area (Å²) < 4.78 is 45.5. The monoisotopic (exact) mass is 367 g/mol. The number of methoxy groups -OCH3 is 1. The van der Waals surface area contributed by atoms with Crippen LogP contribution in [0.4, 0.5) is 18.9 Å². The molecule has 0 heterocycles. The number of aryl methyl sites for hydroxylation is 1. The quantitative estimate of drug-likeness (QED) is 0.601. The van der Waals surface area contributed by atoms with E-state index in [4.69, 9.17) is 10.5 Å². The number of hydrogen-bond donors (Lipinski definition) is 2. The fourth-order valence-electron chi connectivity index (χ4n) is 2.33. The second-order valence-corrected chi connectivity index (χ2v) is 5.53. The Labute approximate surface area is 149 Å². The zero-order chi connectivity index (χ0) is 19.2. The van der Waals surface area contributed by atoms with Crippen LogP contribution in [-0.2, 0) is 6.42 Å². The summed E-state index contributed by atoms with van der Waals surface area (Å²) in [6.07, 6.45) is -4.07. The van der Waals surface area contributed by atoms with E-state index in [1.165, 1.54) is 24.3 Å². The Hall–Kier alpha value is -2.90. The van der Waals surface area contributed by atoms with Gasteiger partial charge in [-0.15, -0.1) is 13.2 Å². The number of nitrogens with one attached hydrogen (secondary N) is 1. The predicted octanol–water partition coefficient (Wildman–Crippen LogP) is 3.87. The zero-order valence-electron chi connectivity index (χ0n) is 14.4. The lowest BCUT2D eigenvalue weighted by atomic mass is 10.1. The molecule has 0 saturated carbocycles. The Balaban J connectivity index is 1.91. The number of halogens is 3. The maximum Gasteiger partial charge on any atom is 0.573 e. The highest BCUT2D eigenvalue weighted by Gasteiger charge is 2.30. The number of alkyl halides is 3. The van der Waals surface area contributed by atoms with Gasteiger partial charge in [-0.1, -0.05) is 17.7 Å². The summed E-state index contributed by atoms with van der Waals surface area (Å²) >= 11 is 0. The lowest BCUT2D eigenvalue weighted by Gasteiger charge is -2.10. The fourth-order valence-corrected chi connectivity index (χ4v) is 2.33. The average molecular weight is 367 g/mol. The molecular formula is C18H20F3N3O2. The average Bonchev–Trinajstić information content (AvgIpc) is 2.55. The number of guanidine groups is 1. The van der Waals surface area contributed by atoms with E-state index in [-0.39, 0.29) is 11.7 Å². The molecular weight excluding hydrogens is 347 g/mol. The van der Waals surface area contributed by atoms with Crippen LogP contribution in [0, 0.1) is 6.92 Å². The van der Waals surface area contributed by atoms with Crippen LogP contribution in [0.5, 0.6) is 11.5 Å². The summed E-state index contributed by atoms with van der Waals surface area (Å²) in [6, 6.07) is 11.1. The van der Waals surface area contributed by atoms with Crippen molar-refractivity contribution in [2.24, 2.45) is 10.7 Å². The summed E-state index contributed by atoms with van der Waals surface area (Å²) in [7, 11) is 1.61. The van der Waals surface area contributed by atoms with Gasteiger partial charge in [0.15, 0.2) is 5.96 Å². The molecule has 0 aliphatic rings. The molecule has 3 N–H and O–H groups in total. The van der Waals surface area contributed by atoms with Gasteiger partial charge in [0.1, 0.15) is 11.5 Å². The summed E-state index contributed by atoms with van der Waals surface area (Å²) in [5.74, 6) is 0.656. The van der Waals surface area contributed by atoms with Crippen LogP contribution in [0.25, 0.3) is 0 Å². The third-order valence-corrected chi connectivity index (χ3v) is 3.46. The van der Waals surface area contributed by atoms with E-state index in [1.54, 1.807) is 7.11 Å². The van der Waals surface area contributed by atoms with E-state index in [1.807, 2.05) is 25.1 Å². The predicted molar refractivity (Wildman–Crippen MR) is 94.7 cm³/mol. The van der Waals surface area contributed by atoms with Crippen molar-refractivity contribution in [1.82, 2.24) is 0 Å². The normalized spacial score (nSPS) is 12.0. The zero-order valence-corrected chi connectivity index (χ0v) is 14.4. The summed E-state index contributed by atoms with van der Waals surface area (Å²) in [5, 5.41) is 2.82. The van der Waals surface area contributed by atoms with Crippen molar-refractivity contribution < 1.29 is 22.6 Å². The third-order valence-electron chi connectivity index (χ3n) is 3.46. The Morgan fingerprint density at radius 1 is 1.15 bits per heavy atom. The summed E-state index contributed by atoms with van der Waals surface area (Å²) in [6.45, 7) is 2.43. The number of ether oxygens (including phenoxy) is 2. The Morgan fingerprint density at radius 3 is 2.46 bits per heavy atom. The molecule has 0 amide bonds. The van der Waals surface area contributed by atoms with Gasteiger partial charge < -0.3 is 20.5 Å². The Morgan fingerprint density at radius 2 is 1.85 bits per heavy atom. The van der Waals surface area contributed by atoms with Gasteiger partial charge in [-0.05, 0) is 49.2 Å². The van der Waals surface area contributed by atoms with Gasteiger partial charge in [-0.25, -0.2) is 0 Å². The molecule has 0 spiro atoms. The van der Waals surface area contributed by atoms with Crippen molar-refractivity contribution in [3.05, 3.63) is 53.6 Å². The number of aliphatic imine (C=N–C) groups is 1. The molecule has 0 aliphatic carbocycles. The first-order chi connectivity index (χ1) is 12.3. The molecule has 0 aromatic heterocycles. The standard InChI is InChI=1S/C18H20F3N3O2/c1-12-3-8-16(25-2)13(11-12)9-10-23-17(22)24-14-4-6-15(7-5-14)26-18(19,20)21/h3-8,11H,9-10H2,1-2H3,(H3,22,23,24). The van der Waals surface area contributed by atoms with Crippen molar-refractivity contribution in [2.45, 2.75) is 19.7 Å². The van der Waals surface area contributed by atoms with E-state index < -0.39 is 6.36 Å². The highest BCUT2D eigenvalue weighted by atomic mass is 19.4. The van der Waals surface area contributed by atoms with E-state index in [2.05, 4.69) is 15.0 Å². The van der Waals surface area contributed by atoms with Crippen molar-refractivity contribution in [3.8, 4) is 11.5 Å². The van der Waals surface area contributed by atoms with Gasteiger partial charge in [0.25, 0.3) is 0 Å². The molecule has 0 saturated heterocycles. The first-order valence-electron chi connectivity index (χ1n) is 7.83. The minimum absolute atomic E-state index is 0.168. The van der Waals surface area contributed by atoms with Crippen LogP contribution >= 0.6 is 0 Å². The molecule has 5 nitrogen and oxygen atoms in total. The molecule has 0 atom stereocenters. The van der Waals surface area contributed by atoms with Gasteiger partial charge in [0, 0.05) is 12.2 Å². The van der Waals surface area contributed by atoms with Crippen molar-refractivity contribution in [1.29, 1.82) is 0 Å². The van der Waals surface area contributed by atoms with E-state index in [9.17, 15) is 13.2 Å². The molecule has 0 fully saturated rings. The molecule has 2 aromatic rings. The van der Waals surface area contributed by atoms with Gasteiger partial charge in [-0.2, -0.15) is 0 Å². The van der Waals surface area contributed by atoms with Crippen LogP contribution in [-0.4, -0.2) is 26.0 Å². The summed E-state index contributed by atoms with van der Waals surface area (Å²) in [5.41, 5.74) is 8.46.